The highest BCUT2D eigenvalue weighted by Gasteiger charge is 2.53. The van der Waals surface area contributed by atoms with E-state index < -0.39 is 0 Å². The summed E-state index contributed by atoms with van der Waals surface area (Å²) >= 11 is 0. The van der Waals surface area contributed by atoms with Gasteiger partial charge in [0.25, 0.3) is 0 Å². The molecule has 0 unspecified atom stereocenters. The number of rotatable bonds is 6. The molecule has 9 rings (SSSR count). The Morgan fingerprint density at radius 3 is 1.24 bits per heavy atom. The summed E-state index contributed by atoms with van der Waals surface area (Å²) < 4.78 is 0. The second-order valence-electron chi connectivity index (χ2n) is 13.6. The van der Waals surface area contributed by atoms with Gasteiger partial charge in [0.15, 0.2) is 0 Å². The lowest BCUT2D eigenvalue weighted by Gasteiger charge is -2.57. The molecule has 8 aliphatic rings. The average Bonchev–Trinajstić information content (AvgIpc) is 2.79. The van der Waals surface area contributed by atoms with E-state index in [0.29, 0.717) is 10.8 Å². The number of allylic oxidation sites excluding steroid dienone is 4. The van der Waals surface area contributed by atoms with Crippen molar-refractivity contribution in [2.24, 2.45) is 46.3 Å². The molecule has 0 amide bonds. The van der Waals surface area contributed by atoms with E-state index in [9.17, 15) is 0 Å². The van der Waals surface area contributed by atoms with Crippen molar-refractivity contribution in [1.29, 1.82) is 0 Å². The van der Waals surface area contributed by atoms with E-state index in [4.69, 9.17) is 0 Å². The van der Waals surface area contributed by atoms with Gasteiger partial charge < -0.3 is 10.6 Å². The Bertz CT molecular complexity index is 866. The van der Waals surface area contributed by atoms with Crippen molar-refractivity contribution in [3.05, 3.63) is 47.8 Å². The first-order valence-electron chi connectivity index (χ1n) is 14.5. The third-order valence-electron chi connectivity index (χ3n) is 11.2. The molecule has 8 aliphatic carbocycles. The van der Waals surface area contributed by atoms with Crippen molar-refractivity contribution >= 4 is 11.4 Å². The van der Waals surface area contributed by atoms with Crippen LogP contribution in [-0.4, -0.2) is 0 Å². The molecule has 0 saturated heterocycles. The maximum Gasteiger partial charge on any atom is 0.0402 e. The first-order valence-corrected chi connectivity index (χ1v) is 14.5. The van der Waals surface area contributed by atoms with Crippen molar-refractivity contribution in [2.45, 2.75) is 90.9 Å². The topological polar surface area (TPSA) is 24.1 Å². The molecule has 8 saturated carbocycles. The van der Waals surface area contributed by atoms with Gasteiger partial charge in [0.1, 0.15) is 0 Å². The maximum absolute atomic E-state index is 3.95. The molecule has 8 bridgehead atoms. The van der Waals surface area contributed by atoms with Crippen molar-refractivity contribution in [3.63, 3.8) is 0 Å². The number of benzene rings is 1. The molecule has 0 atom stereocenters. The van der Waals surface area contributed by atoms with Gasteiger partial charge in [-0.3, -0.25) is 0 Å². The van der Waals surface area contributed by atoms with Crippen LogP contribution >= 0.6 is 0 Å². The van der Waals surface area contributed by atoms with E-state index in [2.05, 4.69) is 60.9 Å². The van der Waals surface area contributed by atoms with Gasteiger partial charge in [-0.05, 0) is 145 Å². The molecule has 1 aromatic rings. The lowest BCUT2D eigenvalue weighted by Crippen LogP contribution is -2.48. The molecule has 1 aromatic carbocycles. The van der Waals surface area contributed by atoms with Gasteiger partial charge in [-0.2, -0.15) is 0 Å². The fraction of sp³-hybridized carbons (Fsp3) is 0.688. The van der Waals surface area contributed by atoms with Crippen LogP contribution in [0, 0.1) is 46.3 Å². The van der Waals surface area contributed by atoms with Crippen LogP contribution in [0.1, 0.15) is 90.9 Å². The summed E-state index contributed by atoms with van der Waals surface area (Å²) in [6.07, 6.45) is 22.3. The average molecular weight is 457 g/mol. The van der Waals surface area contributed by atoms with E-state index in [1.54, 1.807) is 0 Å². The van der Waals surface area contributed by atoms with Gasteiger partial charge in [0.05, 0.1) is 0 Å². The number of hydrogen-bond acceptors (Lipinski definition) is 2. The van der Waals surface area contributed by atoms with Gasteiger partial charge in [0.2, 0.25) is 0 Å². The minimum atomic E-state index is 0.417. The summed E-state index contributed by atoms with van der Waals surface area (Å²) in [5.74, 6) is 5.88. The zero-order valence-corrected chi connectivity index (χ0v) is 21.4. The Hall–Kier alpha value is -1.70. The van der Waals surface area contributed by atoms with Crippen LogP contribution in [-0.2, 0) is 0 Å². The smallest absolute Gasteiger partial charge is 0.0402 e. The summed E-state index contributed by atoms with van der Waals surface area (Å²) in [5, 5.41) is 7.91. The molecule has 2 N–H and O–H groups in total. The van der Waals surface area contributed by atoms with Crippen molar-refractivity contribution < 1.29 is 0 Å². The fourth-order valence-electron chi connectivity index (χ4n) is 10.9. The SMILES string of the molecule is C/C=C(\Nc1cccc(N/C(=C\C)C23CC4CC(CC(C4)C2)C3)c1)C12CC3CC(CC(C3)C1)C2. The van der Waals surface area contributed by atoms with Gasteiger partial charge in [-0.15, -0.1) is 0 Å². The quantitative estimate of drug-likeness (QED) is 0.447. The number of nitrogens with one attached hydrogen (secondary N) is 2. The molecule has 182 valence electrons. The summed E-state index contributed by atoms with van der Waals surface area (Å²) in [4.78, 5) is 0. The zero-order valence-electron chi connectivity index (χ0n) is 21.4. The van der Waals surface area contributed by atoms with Crippen molar-refractivity contribution in [3.8, 4) is 0 Å². The summed E-state index contributed by atoms with van der Waals surface area (Å²) in [6.45, 7) is 4.52. The minimum absolute atomic E-state index is 0.417. The Kier molecular flexibility index (Phi) is 5.01. The molecule has 0 aliphatic heterocycles. The number of hydrogen-bond donors (Lipinski definition) is 2. The van der Waals surface area contributed by atoms with Crippen LogP contribution in [0.5, 0.6) is 0 Å². The van der Waals surface area contributed by atoms with Gasteiger partial charge >= 0.3 is 0 Å². The Morgan fingerprint density at radius 1 is 0.618 bits per heavy atom. The first-order chi connectivity index (χ1) is 16.5. The van der Waals surface area contributed by atoms with Crippen LogP contribution in [0.4, 0.5) is 11.4 Å². The second kappa shape index (κ2) is 7.90. The van der Waals surface area contributed by atoms with E-state index in [1.807, 2.05) is 0 Å². The molecule has 0 spiro atoms. The highest BCUT2D eigenvalue weighted by atomic mass is 14.9. The Labute approximate surface area is 207 Å². The maximum atomic E-state index is 3.95. The molecule has 0 heterocycles. The molecule has 34 heavy (non-hydrogen) atoms. The first kappa shape index (κ1) is 21.6. The van der Waals surface area contributed by atoms with Gasteiger partial charge in [-0.1, -0.05) is 18.2 Å². The van der Waals surface area contributed by atoms with Crippen LogP contribution in [0.3, 0.4) is 0 Å². The van der Waals surface area contributed by atoms with E-state index in [0.717, 1.165) is 35.5 Å². The molecule has 2 nitrogen and oxygen atoms in total. The largest absolute Gasteiger partial charge is 0.359 e. The third-order valence-corrected chi connectivity index (χ3v) is 11.2. The monoisotopic (exact) mass is 456 g/mol. The Morgan fingerprint density at radius 2 is 0.941 bits per heavy atom. The van der Waals surface area contributed by atoms with Crippen molar-refractivity contribution in [1.82, 2.24) is 0 Å². The molecule has 0 aromatic heterocycles. The molecule has 2 heteroatoms. The summed E-state index contributed by atoms with van der Waals surface area (Å²) in [6, 6.07) is 9.16. The van der Waals surface area contributed by atoms with Gasteiger partial charge in [0, 0.05) is 33.6 Å². The van der Waals surface area contributed by atoms with Crippen LogP contribution in [0.2, 0.25) is 0 Å². The highest BCUT2D eigenvalue weighted by molar-refractivity contribution is 5.61. The highest BCUT2D eigenvalue weighted by Crippen LogP contribution is 2.64. The van der Waals surface area contributed by atoms with Gasteiger partial charge in [-0.25, -0.2) is 0 Å². The molecule has 0 radical (unpaired) electrons. The molecular formula is C32H44N2. The normalized spacial score (nSPS) is 44.5. The number of anilines is 2. The van der Waals surface area contributed by atoms with Crippen LogP contribution < -0.4 is 10.6 Å². The third kappa shape index (κ3) is 3.49. The van der Waals surface area contributed by atoms with Crippen molar-refractivity contribution in [2.75, 3.05) is 10.6 Å². The standard InChI is InChI=1S/C32H44N2/c1-3-29(31-15-21-8-22(16-31)10-23(9-21)17-31)33-27-6-5-7-28(14-27)34-30(4-2)32-18-24-11-25(19-32)13-26(12-24)20-32/h3-7,14,21-26,33-34H,8-13,15-20H2,1-2H3/b29-3-,30-4-. The molecule has 8 fully saturated rings. The van der Waals surface area contributed by atoms with Crippen LogP contribution in [0.15, 0.2) is 47.8 Å². The second-order valence-corrected chi connectivity index (χ2v) is 13.6. The molecular weight excluding hydrogens is 412 g/mol. The minimum Gasteiger partial charge on any atom is -0.359 e. The summed E-state index contributed by atoms with van der Waals surface area (Å²) in [7, 11) is 0. The lowest BCUT2D eigenvalue weighted by molar-refractivity contribution is -0.0299. The fourth-order valence-corrected chi connectivity index (χ4v) is 10.9. The summed E-state index contributed by atoms with van der Waals surface area (Å²) in [5.41, 5.74) is 6.37. The van der Waals surface area contributed by atoms with E-state index in [-0.39, 0.29) is 0 Å². The van der Waals surface area contributed by atoms with E-state index in [1.165, 1.54) is 99.8 Å². The lowest BCUT2D eigenvalue weighted by atomic mass is 9.48. The van der Waals surface area contributed by atoms with E-state index >= 15 is 0 Å². The van der Waals surface area contributed by atoms with Crippen LogP contribution in [0.25, 0.3) is 0 Å². The predicted molar refractivity (Wildman–Crippen MR) is 142 cm³/mol. The predicted octanol–water partition coefficient (Wildman–Crippen LogP) is 8.75. The Balaban J connectivity index is 1.10. The zero-order chi connectivity index (χ0) is 22.9.